The third kappa shape index (κ3) is 2.20. The molecule has 2 heterocycles. The molecule has 2 aromatic heterocycles. The fourth-order valence-electron chi connectivity index (χ4n) is 2.00. The monoisotopic (exact) mass is 327 g/mol. The van der Waals surface area contributed by atoms with E-state index in [4.69, 9.17) is 33.4 Å². The van der Waals surface area contributed by atoms with E-state index in [2.05, 4.69) is 8.75 Å². The molecule has 7 heteroatoms. The molecule has 0 aliphatic rings. The van der Waals surface area contributed by atoms with Crippen molar-refractivity contribution in [3.8, 4) is 11.3 Å². The number of hydrogen-bond acceptors (Lipinski definition) is 5. The van der Waals surface area contributed by atoms with Crippen molar-refractivity contribution >= 4 is 46.0 Å². The Labute approximate surface area is 129 Å². The van der Waals surface area contributed by atoms with Gasteiger partial charge in [0.2, 0.25) is 0 Å². The van der Waals surface area contributed by atoms with Crippen LogP contribution in [0, 0.1) is 0 Å². The summed E-state index contributed by atoms with van der Waals surface area (Å²) in [6.07, 6.45) is 0.801. The largest absolute Gasteiger partial charge is 0.459 e. The predicted octanol–water partition coefficient (Wildman–Crippen LogP) is 4.67. The van der Waals surface area contributed by atoms with E-state index >= 15 is 0 Å². The standard InChI is InChI=1S/C13H11Cl2N3OS/c1-2-8(16)9-3-4-10(19-9)11-6(14)5-7(15)12-13(11)18-20-17-12/h3-5,8H,2,16H2,1H3. The van der Waals surface area contributed by atoms with E-state index < -0.39 is 0 Å². The zero-order valence-corrected chi connectivity index (χ0v) is 12.9. The van der Waals surface area contributed by atoms with E-state index in [0.29, 0.717) is 32.4 Å². The van der Waals surface area contributed by atoms with Gasteiger partial charge in [-0.15, -0.1) is 0 Å². The van der Waals surface area contributed by atoms with E-state index in [-0.39, 0.29) is 6.04 Å². The number of nitrogens with zero attached hydrogens (tertiary/aromatic N) is 2. The molecule has 0 aliphatic carbocycles. The third-order valence-corrected chi connectivity index (χ3v) is 4.24. The fraction of sp³-hybridized carbons (Fsp3) is 0.231. The Morgan fingerprint density at radius 3 is 2.75 bits per heavy atom. The molecule has 0 saturated heterocycles. The molecule has 1 unspecified atom stereocenters. The van der Waals surface area contributed by atoms with E-state index in [0.717, 1.165) is 23.9 Å². The van der Waals surface area contributed by atoms with Crippen molar-refractivity contribution < 1.29 is 4.42 Å². The molecular formula is C13H11Cl2N3OS. The highest BCUT2D eigenvalue weighted by Gasteiger charge is 2.19. The highest BCUT2D eigenvalue weighted by atomic mass is 35.5. The molecule has 3 rings (SSSR count). The van der Waals surface area contributed by atoms with E-state index in [1.54, 1.807) is 6.07 Å². The highest BCUT2D eigenvalue weighted by molar-refractivity contribution is 7.00. The van der Waals surface area contributed by atoms with Crippen LogP contribution in [0.4, 0.5) is 0 Å². The summed E-state index contributed by atoms with van der Waals surface area (Å²) < 4.78 is 14.2. The fourth-order valence-corrected chi connectivity index (χ4v) is 3.20. The van der Waals surface area contributed by atoms with Gasteiger partial charge in [-0.05, 0) is 24.6 Å². The Kier molecular flexibility index (Phi) is 3.69. The summed E-state index contributed by atoms with van der Waals surface area (Å²) in [5.74, 6) is 1.35. The van der Waals surface area contributed by atoms with Crippen molar-refractivity contribution in [1.29, 1.82) is 0 Å². The van der Waals surface area contributed by atoms with Gasteiger partial charge >= 0.3 is 0 Å². The molecule has 0 spiro atoms. The first-order chi connectivity index (χ1) is 9.61. The summed E-state index contributed by atoms with van der Waals surface area (Å²) in [7, 11) is 0. The van der Waals surface area contributed by atoms with Crippen LogP contribution in [0.25, 0.3) is 22.4 Å². The van der Waals surface area contributed by atoms with Gasteiger partial charge in [0.15, 0.2) is 0 Å². The number of rotatable bonds is 3. The maximum Gasteiger partial charge on any atom is 0.138 e. The number of halogens is 2. The zero-order chi connectivity index (χ0) is 14.3. The van der Waals surface area contributed by atoms with Crippen LogP contribution in [0.1, 0.15) is 25.1 Å². The number of benzene rings is 1. The number of hydrogen-bond donors (Lipinski definition) is 1. The van der Waals surface area contributed by atoms with Crippen molar-refractivity contribution in [2.45, 2.75) is 19.4 Å². The maximum absolute atomic E-state index is 6.28. The molecule has 3 aromatic rings. The number of aromatic nitrogens is 2. The zero-order valence-electron chi connectivity index (χ0n) is 10.6. The summed E-state index contributed by atoms with van der Waals surface area (Å²) in [6, 6.07) is 5.24. The Morgan fingerprint density at radius 1 is 1.25 bits per heavy atom. The van der Waals surface area contributed by atoms with Gasteiger partial charge in [-0.25, -0.2) is 0 Å². The van der Waals surface area contributed by atoms with Gasteiger partial charge < -0.3 is 10.2 Å². The third-order valence-electron chi connectivity index (χ3n) is 3.12. The quantitative estimate of drug-likeness (QED) is 0.759. The lowest BCUT2D eigenvalue weighted by molar-refractivity contribution is 0.470. The lowest BCUT2D eigenvalue weighted by Crippen LogP contribution is -2.06. The van der Waals surface area contributed by atoms with Crippen LogP contribution in [0.2, 0.25) is 10.0 Å². The highest BCUT2D eigenvalue weighted by Crippen LogP contribution is 2.39. The van der Waals surface area contributed by atoms with Crippen molar-refractivity contribution in [2.75, 3.05) is 0 Å². The lowest BCUT2D eigenvalue weighted by Gasteiger charge is -2.05. The number of furan rings is 1. The maximum atomic E-state index is 6.28. The van der Waals surface area contributed by atoms with E-state index in [1.165, 1.54) is 0 Å². The normalized spacial score (nSPS) is 13.0. The van der Waals surface area contributed by atoms with Gasteiger partial charge in [0.25, 0.3) is 0 Å². The Morgan fingerprint density at radius 2 is 2.00 bits per heavy atom. The van der Waals surface area contributed by atoms with Gasteiger partial charge in [0.1, 0.15) is 22.6 Å². The van der Waals surface area contributed by atoms with Crippen LogP contribution in [-0.4, -0.2) is 8.75 Å². The first-order valence-electron chi connectivity index (χ1n) is 6.07. The minimum Gasteiger partial charge on any atom is -0.459 e. The van der Waals surface area contributed by atoms with Gasteiger partial charge in [0.05, 0.1) is 33.4 Å². The van der Waals surface area contributed by atoms with Gasteiger partial charge in [0, 0.05) is 0 Å². The molecule has 20 heavy (non-hydrogen) atoms. The molecule has 0 radical (unpaired) electrons. The van der Waals surface area contributed by atoms with E-state index in [1.807, 2.05) is 19.1 Å². The smallest absolute Gasteiger partial charge is 0.138 e. The van der Waals surface area contributed by atoms with Crippen LogP contribution in [0.15, 0.2) is 22.6 Å². The minimum absolute atomic E-state index is 0.126. The van der Waals surface area contributed by atoms with Gasteiger partial charge in [-0.2, -0.15) is 8.75 Å². The molecule has 4 nitrogen and oxygen atoms in total. The average Bonchev–Trinajstić information content (AvgIpc) is 3.07. The second-order valence-electron chi connectivity index (χ2n) is 4.39. The Bertz CT molecular complexity index is 768. The number of nitrogens with two attached hydrogens (primary N) is 1. The molecule has 0 aliphatic heterocycles. The molecule has 0 fully saturated rings. The molecule has 0 bridgehead atoms. The van der Waals surface area contributed by atoms with Gasteiger partial charge in [-0.3, -0.25) is 0 Å². The van der Waals surface area contributed by atoms with Crippen molar-refractivity contribution in [2.24, 2.45) is 5.73 Å². The van der Waals surface area contributed by atoms with Crippen LogP contribution >= 0.6 is 34.9 Å². The molecular weight excluding hydrogens is 317 g/mol. The van der Waals surface area contributed by atoms with Crippen molar-refractivity contribution in [3.63, 3.8) is 0 Å². The molecule has 0 amide bonds. The molecule has 2 N–H and O–H groups in total. The minimum atomic E-state index is -0.126. The summed E-state index contributed by atoms with van der Waals surface area (Å²) in [4.78, 5) is 0. The van der Waals surface area contributed by atoms with Gasteiger partial charge in [-0.1, -0.05) is 30.1 Å². The summed E-state index contributed by atoms with van der Waals surface area (Å²) in [6.45, 7) is 2.00. The van der Waals surface area contributed by atoms with E-state index in [9.17, 15) is 0 Å². The SMILES string of the molecule is CCC(N)c1ccc(-c2c(Cl)cc(Cl)c3nsnc23)o1. The molecule has 0 saturated carbocycles. The summed E-state index contributed by atoms with van der Waals surface area (Å²) in [5.41, 5.74) is 7.95. The van der Waals surface area contributed by atoms with Crippen molar-refractivity contribution in [3.05, 3.63) is 34.0 Å². The topological polar surface area (TPSA) is 64.9 Å². The lowest BCUT2D eigenvalue weighted by atomic mass is 10.1. The summed E-state index contributed by atoms with van der Waals surface area (Å²) >= 11 is 13.5. The second kappa shape index (κ2) is 5.33. The van der Waals surface area contributed by atoms with Crippen LogP contribution < -0.4 is 5.73 Å². The summed E-state index contributed by atoms with van der Waals surface area (Å²) in [5, 5.41) is 0.973. The average molecular weight is 328 g/mol. The number of fused-ring (bicyclic) bond motifs is 1. The first kappa shape index (κ1) is 13.8. The Balaban J connectivity index is 2.19. The predicted molar refractivity (Wildman–Crippen MR) is 82.4 cm³/mol. The molecule has 104 valence electrons. The van der Waals surface area contributed by atoms with Crippen LogP contribution in [-0.2, 0) is 0 Å². The first-order valence-corrected chi connectivity index (χ1v) is 7.56. The second-order valence-corrected chi connectivity index (χ2v) is 5.74. The molecule has 1 atom stereocenters. The Hall–Kier alpha value is -1.14. The van der Waals surface area contributed by atoms with Crippen LogP contribution in [0.5, 0.6) is 0 Å². The van der Waals surface area contributed by atoms with Crippen LogP contribution in [0.3, 0.4) is 0 Å². The molecule has 1 aromatic carbocycles. The van der Waals surface area contributed by atoms with Crippen molar-refractivity contribution in [1.82, 2.24) is 8.75 Å².